The lowest BCUT2D eigenvalue weighted by Crippen LogP contribution is -2.60. The maximum absolute atomic E-state index is 10.7. The summed E-state index contributed by atoms with van der Waals surface area (Å²) >= 11 is 0. The first-order valence-corrected chi connectivity index (χ1v) is 22.9. The summed E-state index contributed by atoms with van der Waals surface area (Å²) in [6, 6.07) is 8.45. The molecule has 5 fully saturated rings. The minimum Gasteiger partial charge on any atom is -0.490 e. The molecule has 8 rings (SSSR count). The van der Waals surface area contributed by atoms with Crippen LogP contribution in [0.1, 0.15) is 84.6 Å². The topological polar surface area (TPSA) is 211 Å². The van der Waals surface area contributed by atoms with Crippen LogP contribution in [0.5, 0.6) is 0 Å². The maximum atomic E-state index is 10.7. The number of ether oxygens (including phenoxy) is 5. The van der Waals surface area contributed by atoms with Crippen LogP contribution in [0.25, 0.3) is 6.08 Å². The van der Waals surface area contributed by atoms with E-state index in [2.05, 4.69) is 69.0 Å². The Morgan fingerprint density at radius 2 is 1.50 bits per heavy atom. The first-order chi connectivity index (χ1) is 29.5. The number of rotatable bonds is 12. The quantitative estimate of drug-likeness (QED) is 0.142. The van der Waals surface area contributed by atoms with Crippen molar-refractivity contribution in [1.29, 1.82) is 0 Å². The summed E-state index contributed by atoms with van der Waals surface area (Å²) in [7, 11) is 4.04. The Balaban J connectivity index is 0.985. The van der Waals surface area contributed by atoms with E-state index >= 15 is 0 Å². The highest BCUT2D eigenvalue weighted by Gasteiger charge is 2.64. The third kappa shape index (κ3) is 8.23. The zero-order valence-electron chi connectivity index (χ0n) is 37.1. The van der Waals surface area contributed by atoms with Gasteiger partial charge in [0.2, 0.25) is 0 Å². The van der Waals surface area contributed by atoms with Crippen molar-refractivity contribution in [3.05, 3.63) is 58.4 Å². The van der Waals surface area contributed by atoms with Gasteiger partial charge >= 0.3 is 0 Å². The highest BCUT2D eigenvalue weighted by molar-refractivity contribution is 5.61. The van der Waals surface area contributed by atoms with Gasteiger partial charge in [-0.1, -0.05) is 44.6 Å². The van der Waals surface area contributed by atoms with Crippen LogP contribution in [0.2, 0.25) is 0 Å². The normalized spacial score (nSPS) is 44.7. The summed E-state index contributed by atoms with van der Waals surface area (Å²) in [6.07, 6.45) is -1.23. The van der Waals surface area contributed by atoms with Crippen molar-refractivity contribution in [3.63, 3.8) is 0 Å². The Morgan fingerprint density at radius 3 is 2.15 bits per heavy atom. The number of aliphatic hydroxyl groups is 8. The molecule has 2 saturated heterocycles. The molecule has 1 aromatic carbocycles. The van der Waals surface area contributed by atoms with E-state index in [0.29, 0.717) is 24.2 Å². The van der Waals surface area contributed by atoms with Gasteiger partial charge in [-0.05, 0) is 128 Å². The van der Waals surface area contributed by atoms with Crippen LogP contribution < -0.4 is 4.90 Å². The molecule has 0 spiro atoms. The molecule has 0 radical (unpaired) electrons. The average Bonchev–Trinajstić information content (AvgIpc) is 3.75. The van der Waals surface area contributed by atoms with Gasteiger partial charge in [-0.2, -0.15) is 0 Å². The second kappa shape index (κ2) is 18.1. The molecule has 1 aromatic rings. The number of hydrogen-bond acceptors (Lipinski definition) is 14. The Labute approximate surface area is 365 Å². The molecule has 0 bridgehead atoms. The largest absolute Gasteiger partial charge is 0.490 e. The molecule has 1 unspecified atom stereocenters. The lowest BCUT2D eigenvalue weighted by Gasteiger charge is -2.58. The van der Waals surface area contributed by atoms with Gasteiger partial charge in [-0.3, -0.25) is 0 Å². The van der Waals surface area contributed by atoms with E-state index in [1.807, 2.05) is 14.1 Å². The zero-order chi connectivity index (χ0) is 44.4. The van der Waals surface area contributed by atoms with Crippen LogP contribution >= 0.6 is 0 Å². The fourth-order valence-corrected chi connectivity index (χ4v) is 12.9. The Hall–Kier alpha value is -2.44. The number of allylic oxidation sites excluding steroid dienone is 2. The van der Waals surface area contributed by atoms with Crippen molar-refractivity contribution in [1.82, 2.24) is 0 Å². The summed E-state index contributed by atoms with van der Waals surface area (Å²) < 4.78 is 30.8. The lowest BCUT2D eigenvalue weighted by atomic mass is 9.47. The SMILES string of the molecule is CC1=C(C(=Cc2ccc(N(C)C)cc2)CC(C)CO[C@@H]2O[C@H](CO)[C@@H](O)[C@H](O)[C@H]2O)O[C@H]2C[C@H]3[C@@H]4CC=C5C[C@@H](O[C@@H]6O[C@H](CO)[C@H](O)[C@H](O)[C@H]6O)CC[C@]5(C)[C@H]4CC[C@]3(C)[C@@H]12. The molecular formula is C48H71NO13. The Kier molecular flexibility index (Phi) is 13.5. The van der Waals surface area contributed by atoms with Crippen molar-refractivity contribution < 1.29 is 64.5 Å². The molecule has 346 valence electrons. The van der Waals surface area contributed by atoms with Crippen LogP contribution in [-0.4, -0.2) is 148 Å². The number of aliphatic hydroxyl groups excluding tert-OH is 8. The van der Waals surface area contributed by atoms with Crippen molar-refractivity contribution in [2.75, 3.05) is 38.8 Å². The van der Waals surface area contributed by atoms with E-state index in [1.54, 1.807) is 0 Å². The molecule has 0 amide bonds. The predicted molar refractivity (Wildman–Crippen MR) is 229 cm³/mol. The number of hydrogen-bond donors (Lipinski definition) is 8. The van der Waals surface area contributed by atoms with Crippen LogP contribution in [0.3, 0.4) is 0 Å². The number of benzene rings is 1. The van der Waals surface area contributed by atoms with Crippen molar-refractivity contribution in [2.45, 2.75) is 153 Å². The Bertz CT molecular complexity index is 1830. The predicted octanol–water partition coefficient (Wildman–Crippen LogP) is 3.03. The molecule has 0 aromatic heterocycles. The molecule has 8 N–H and O–H groups in total. The number of anilines is 1. The van der Waals surface area contributed by atoms with Crippen molar-refractivity contribution >= 4 is 11.8 Å². The van der Waals surface area contributed by atoms with Crippen molar-refractivity contribution in [2.24, 2.45) is 40.4 Å². The first kappa shape index (κ1) is 46.1. The molecule has 19 atom stereocenters. The summed E-state index contributed by atoms with van der Waals surface area (Å²) in [5.74, 6) is 2.75. The maximum Gasteiger partial charge on any atom is 0.186 e. The van der Waals surface area contributed by atoms with Gasteiger partial charge in [-0.25, -0.2) is 0 Å². The number of fused-ring (bicyclic) bond motifs is 7. The Morgan fingerprint density at radius 1 is 0.855 bits per heavy atom. The van der Waals surface area contributed by atoms with Gasteiger partial charge < -0.3 is 69.4 Å². The van der Waals surface area contributed by atoms with E-state index < -0.39 is 74.6 Å². The highest BCUT2D eigenvalue weighted by Crippen LogP contribution is 2.69. The van der Waals surface area contributed by atoms with Gasteiger partial charge in [0.15, 0.2) is 12.6 Å². The minimum absolute atomic E-state index is 0.0277. The van der Waals surface area contributed by atoms with Crippen LogP contribution in [0.15, 0.2) is 52.8 Å². The molecule has 3 aliphatic heterocycles. The highest BCUT2D eigenvalue weighted by atomic mass is 16.7. The van der Waals surface area contributed by atoms with Gasteiger partial charge in [0.25, 0.3) is 0 Å². The first-order valence-electron chi connectivity index (χ1n) is 22.9. The molecule has 3 saturated carbocycles. The summed E-state index contributed by atoms with van der Waals surface area (Å²) in [5, 5.41) is 81.8. The van der Waals surface area contributed by atoms with Crippen LogP contribution in [0, 0.1) is 40.4 Å². The van der Waals surface area contributed by atoms with E-state index in [9.17, 15) is 40.9 Å². The second-order valence-electron chi connectivity index (χ2n) is 20.4. The molecular weight excluding hydrogens is 799 g/mol. The molecule has 62 heavy (non-hydrogen) atoms. The van der Waals surface area contributed by atoms with Gasteiger partial charge in [0.1, 0.15) is 60.7 Å². The molecule has 4 aliphatic carbocycles. The molecule has 3 heterocycles. The smallest absolute Gasteiger partial charge is 0.186 e. The monoisotopic (exact) mass is 869 g/mol. The van der Waals surface area contributed by atoms with E-state index in [4.69, 9.17) is 23.7 Å². The minimum atomic E-state index is -1.50. The standard InChI is InChI=1S/C48H71NO13/c1-24(23-58-45-42(56)40(54)38(52)35(21-50)61-45)17-27(18-26-7-10-29(11-8-26)49(5)6)44-25(2)37-34(60-44)20-33-31-12-9-28-19-30(13-15-47(28,3)32(31)14-16-48(33,37)4)59-46-43(57)41(55)39(53)36(22-51)62-46/h7-11,18,24,30-43,45-46,50-57H,12-17,19-23H2,1-6H3/t24?,30-,31+,32-,33-,34-,35+,36+,37-,38+,39-,40-,41-,42+,43+,45+,46+,47-,48-/m0/s1. The van der Waals surface area contributed by atoms with E-state index in [0.717, 1.165) is 67.5 Å². The fourth-order valence-electron chi connectivity index (χ4n) is 12.9. The molecule has 14 heteroatoms. The van der Waals surface area contributed by atoms with E-state index in [1.165, 1.54) is 11.1 Å². The fraction of sp³-hybridized carbons (Fsp3) is 0.750. The van der Waals surface area contributed by atoms with Crippen molar-refractivity contribution in [3.8, 4) is 0 Å². The summed E-state index contributed by atoms with van der Waals surface area (Å²) in [4.78, 5) is 2.07. The average molecular weight is 870 g/mol. The lowest BCUT2D eigenvalue weighted by molar-refractivity contribution is -0.313. The van der Waals surface area contributed by atoms with E-state index in [-0.39, 0.29) is 41.5 Å². The van der Waals surface area contributed by atoms with Gasteiger partial charge in [0, 0.05) is 25.7 Å². The molecule has 7 aliphatic rings. The third-order valence-corrected chi connectivity index (χ3v) is 16.3. The third-order valence-electron chi connectivity index (χ3n) is 16.3. The molecule has 14 nitrogen and oxygen atoms in total. The second-order valence-corrected chi connectivity index (χ2v) is 20.4. The van der Waals surface area contributed by atoms with Gasteiger partial charge in [-0.15, -0.1) is 0 Å². The van der Waals surface area contributed by atoms with Crippen LogP contribution in [-0.2, 0) is 23.7 Å². The van der Waals surface area contributed by atoms with Gasteiger partial charge in [0.05, 0.1) is 25.9 Å². The summed E-state index contributed by atoms with van der Waals surface area (Å²) in [6.45, 7) is 8.46. The summed E-state index contributed by atoms with van der Waals surface area (Å²) in [5.41, 5.74) is 6.03. The number of nitrogens with zero attached hydrogens (tertiary/aromatic N) is 1. The zero-order valence-corrected chi connectivity index (χ0v) is 37.1. The van der Waals surface area contributed by atoms with Crippen LogP contribution in [0.4, 0.5) is 5.69 Å².